The van der Waals surface area contributed by atoms with Crippen LogP contribution in [0.25, 0.3) is 0 Å². The number of nitrogens with one attached hydrogen (secondary N) is 3. The molecule has 0 unspecified atom stereocenters. The van der Waals surface area contributed by atoms with Crippen LogP contribution in [0.3, 0.4) is 0 Å². The molecule has 1 saturated heterocycles. The van der Waals surface area contributed by atoms with Crippen LogP contribution in [0, 0.1) is 0 Å². The van der Waals surface area contributed by atoms with Crippen LogP contribution in [0.2, 0.25) is 0 Å². The van der Waals surface area contributed by atoms with Crippen molar-refractivity contribution < 1.29 is 24.2 Å². The smallest absolute Gasteiger partial charge is 0.319 e. The predicted octanol–water partition coefficient (Wildman–Crippen LogP) is 4.40. The van der Waals surface area contributed by atoms with Crippen molar-refractivity contribution in [3.8, 4) is 5.75 Å². The molecule has 3 amide bonds. The van der Waals surface area contributed by atoms with Gasteiger partial charge in [0, 0.05) is 23.2 Å². The summed E-state index contributed by atoms with van der Waals surface area (Å²) in [6.45, 7) is 1.77. The average Bonchev–Trinajstić information content (AvgIpc) is 3.27. The topological polar surface area (TPSA) is 109 Å². The molecular formula is C29H37N3O5. The molecule has 5 rings (SSSR count). The number of amides is 3. The molecule has 198 valence electrons. The summed E-state index contributed by atoms with van der Waals surface area (Å²) in [5, 5.41) is 19.1. The lowest BCUT2D eigenvalue weighted by molar-refractivity contribution is -0.142. The maximum atomic E-state index is 12.8. The van der Waals surface area contributed by atoms with Gasteiger partial charge in [-0.05, 0) is 49.9 Å². The van der Waals surface area contributed by atoms with Gasteiger partial charge < -0.3 is 30.5 Å². The first-order valence-corrected chi connectivity index (χ1v) is 13.5. The third-order valence-corrected chi connectivity index (χ3v) is 7.79. The first kappa shape index (κ1) is 25.5. The number of rotatable bonds is 7. The molecule has 2 aromatic rings. The second-order valence-electron chi connectivity index (χ2n) is 10.5. The Morgan fingerprint density at radius 3 is 2.62 bits per heavy atom. The zero-order valence-corrected chi connectivity index (χ0v) is 21.3. The number of carbonyl (C=O) groups is 2. The summed E-state index contributed by atoms with van der Waals surface area (Å²) < 4.78 is 12.3. The molecule has 0 bridgehead atoms. The van der Waals surface area contributed by atoms with Gasteiger partial charge in [0.15, 0.2) is 0 Å². The van der Waals surface area contributed by atoms with Crippen molar-refractivity contribution in [2.45, 2.75) is 88.2 Å². The Bertz CT molecular complexity index is 1090. The van der Waals surface area contributed by atoms with Crippen molar-refractivity contribution in [1.29, 1.82) is 0 Å². The Morgan fingerprint density at radius 1 is 1.08 bits per heavy atom. The van der Waals surface area contributed by atoms with Gasteiger partial charge in [0.2, 0.25) is 5.91 Å². The van der Waals surface area contributed by atoms with Crippen molar-refractivity contribution in [2.75, 3.05) is 11.9 Å². The summed E-state index contributed by atoms with van der Waals surface area (Å²) in [4.78, 5) is 25.4. The normalized spacial score (nSPS) is 25.8. The van der Waals surface area contributed by atoms with Crippen molar-refractivity contribution >= 4 is 17.6 Å². The maximum absolute atomic E-state index is 12.8. The highest BCUT2D eigenvalue weighted by atomic mass is 16.6. The SMILES string of the molecule is C[C@H](NC(=O)C[C@@H]1C[C@@H]2c3cc(NC(=O)NC4CCCCC4)ccc3O[C@@H]2[C@H](CO)O1)c1ccccc1. The van der Waals surface area contributed by atoms with E-state index in [0.717, 1.165) is 42.6 Å². The summed E-state index contributed by atoms with van der Waals surface area (Å²) in [5.74, 6) is 0.608. The number of hydrogen-bond donors (Lipinski definition) is 4. The second-order valence-corrected chi connectivity index (χ2v) is 10.5. The molecule has 37 heavy (non-hydrogen) atoms. The molecule has 0 radical (unpaired) electrons. The van der Waals surface area contributed by atoms with E-state index in [-0.39, 0.29) is 55.2 Å². The van der Waals surface area contributed by atoms with Gasteiger partial charge in [0.1, 0.15) is 18.0 Å². The van der Waals surface area contributed by atoms with Gasteiger partial charge in [-0.1, -0.05) is 49.6 Å². The molecule has 1 saturated carbocycles. The fourth-order valence-corrected chi connectivity index (χ4v) is 5.90. The van der Waals surface area contributed by atoms with Gasteiger partial charge in [0.05, 0.1) is 25.2 Å². The second kappa shape index (κ2) is 11.5. The highest BCUT2D eigenvalue weighted by Gasteiger charge is 2.46. The number of anilines is 1. The minimum atomic E-state index is -0.526. The molecule has 4 N–H and O–H groups in total. The predicted molar refractivity (Wildman–Crippen MR) is 141 cm³/mol. The van der Waals surface area contributed by atoms with Gasteiger partial charge in [-0.2, -0.15) is 0 Å². The van der Waals surface area contributed by atoms with E-state index in [1.165, 1.54) is 6.42 Å². The van der Waals surface area contributed by atoms with E-state index in [1.54, 1.807) is 0 Å². The lowest BCUT2D eigenvalue weighted by Crippen LogP contribution is -2.47. The summed E-state index contributed by atoms with van der Waals surface area (Å²) in [6.07, 6.45) is 5.20. The molecule has 0 aromatic heterocycles. The number of carbonyl (C=O) groups excluding carboxylic acids is 2. The minimum absolute atomic E-state index is 0.0339. The highest BCUT2D eigenvalue weighted by Crippen LogP contribution is 2.47. The van der Waals surface area contributed by atoms with Crippen molar-refractivity contribution in [3.05, 3.63) is 59.7 Å². The van der Waals surface area contributed by atoms with Gasteiger partial charge in [-0.25, -0.2) is 4.79 Å². The number of ether oxygens (including phenoxy) is 2. The Hall–Kier alpha value is -3.10. The largest absolute Gasteiger partial charge is 0.487 e. The summed E-state index contributed by atoms with van der Waals surface area (Å²) in [5.41, 5.74) is 2.72. The van der Waals surface area contributed by atoms with Crippen LogP contribution in [0.15, 0.2) is 48.5 Å². The van der Waals surface area contributed by atoms with Gasteiger partial charge in [0.25, 0.3) is 0 Å². The number of aliphatic hydroxyl groups is 1. The average molecular weight is 508 g/mol. The summed E-state index contributed by atoms with van der Waals surface area (Å²) >= 11 is 0. The number of benzene rings is 2. The monoisotopic (exact) mass is 507 g/mol. The van der Waals surface area contributed by atoms with Crippen LogP contribution >= 0.6 is 0 Å². The van der Waals surface area contributed by atoms with E-state index >= 15 is 0 Å². The van der Waals surface area contributed by atoms with Gasteiger partial charge in [-0.3, -0.25) is 4.79 Å². The number of aliphatic hydroxyl groups excluding tert-OH is 1. The Balaban J connectivity index is 1.22. The van der Waals surface area contributed by atoms with Crippen LogP contribution in [-0.2, 0) is 9.53 Å². The van der Waals surface area contributed by atoms with Crippen LogP contribution in [0.5, 0.6) is 5.75 Å². The van der Waals surface area contributed by atoms with Crippen LogP contribution in [0.1, 0.15) is 75.0 Å². The number of urea groups is 1. The third-order valence-electron chi connectivity index (χ3n) is 7.79. The molecule has 2 aromatic carbocycles. The first-order valence-electron chi connectivity index (χ1n) is 13.5. The lowest BCUT2D eigenvalue weighted by atomic mass is 9.84. The van der Waals surface area contributed by atoms with E-state index < -0.39 is 6.10 Å². The zero-order chi connectivity index (χ0) is 25.8. The molecule has 5 atom stereocenters. The van der Waals surface area contributed by atoms with Gasteiger partial charge >= 0.3 is 6.03 Å². The maximum Gasteiger partial charge on any atom is 0.319 e. The van der Waals surface area contributed by atoms with E-state index in [1.807, 2.05) is 55.5 Å². The molecule has 0 spiro atoms. The molecule has 1 aliphatic carbocycles. The molecule has 8 heteroatoms. The van der Waals surface area contributed by atoms with Crippen molar-refractivity contribution in [3.63, 3.8) is 0 Å². The quantitative estimate of drug-likeness (QED) is 0.444. The summed E-state index contributed by atoms with van der Waals surface area (Å²) in [7, 11) is 0. The Kier molecular flexibility index (Phi) is 7.96. The van der Waals surface area contributed by atoms with E-state index in [0.29, 0.717) is 12.1 Å². The fraction of sp³-hybridized carbons (Fsp3) is 0.517. The molecule has 3 aliphatic rings. The Morgan fingerprint density at radius 2 is 1.86 bits per heavy atom. The van der Waals surface area contributed by atoms with Crippen molar-refractivity contribution in [1.82, 2.24) is 10.6 Å². The third kappa shape index (κ3) is 6.08. The first-order chi connectivity index (χ1) is 18.0. The van der Waals surface area contributed by atoms with E-state index in [4.69, 9.17) is 9.47 Å². The highest BCUT2D eigenvalue weighted by molar-refractivity contribution is 5.89. The van der Waals surface area contributed by atoms with E-state index in [9.17, 15) is 14.7 Å². The summed E-state index contributed by atoms with van der Waals surface area (Å²) in [6, 6.07) is 15.4. The molecular weight excluding hydrogens is 470 g/mol. The fourth-order valence-electron chi connectivity index (χ4n) is 5.90. The number of hydrogen-bond acceptors (Lipinski definition) is 5. The minimum Gasteiger partial charge on any atom is -0.487 e. The van der Waals surface area contributed by atoms with E-state index in [2.05, 4.69) is 16.0 Å². The van der Waals surface area contributed by atoms with Crippen LogP contribution in [0.4, 0.5) is 10.5 Å². The molecule has 2 aliphatic heterocycles. The zero-order valence-electron chi connectivity index (χ0n) is 21.3. The number of fused-ring (bicyclic) bond motifs is 3. The Labute approximate surface area is 218 Å². The molecule has 2 heterocycles. The molecule has 8 nitrogen and oxygen atoms in total. The van der Waals surface area contributed by atoms with Gasteiger partial charge in [-0.15, -0.1) is 0 Å². The van der Waals surface area contributed by atoms with Crippen molar-refractivity contribution in [2.24, 2.45) is 0 Å². The van der Waals surface area contributed by atoms with Crippen LogP contribution < -0.4 is 20.7 Å². The lowest BCUT2D eigenvalue weighted by Gasteiger charge is -2.37. The standard InChI is InChI=1S/C29H37N3O5/c1-18(19-8-4-2-5-9-19)30-27(34)16-22-15-24-23-14-21(32-29(35)31-20-10-6-3-7-11-20)12-13-25(23)37-28(24)26(17-33)36-22/h2,4-5,8-9,12-14,18,20,22,24,26,28,33H,3,6-7,10-11,15-17H2,1H3,(H,30,34)(H2,31,32,35)/t18-,22-,24+,26-,28-/m0/s1. The van der Waals surface area contributed by atoms with Crippen LogP contribution in [-0.4, -0.2) is 48.0 Å². The molecule has 2 fully saturated rings.